The van der Waals surface area contributed by atoms with Gasteiger partial charge in [0.2, 0.25) is 5.91 Å². The van der Waals surface area contributed by atoms with Gasteiger partial charge in [-0.05, 0) is 6.08 Å². The van der Waals surface area contributed by atoms with Crippen molar-refractivity contribution >= 4 is 5.91 Å². The number of likely N-dealkylation sites (tertiary alicyclic amines) is 1. The molecule has 72 valence electrons. The van der Waals surface area contributed by atoms with Gasteiger partial charge in [-0.3, -0.25) is 9.69 Å². The zero-order valence-corrected chi connectivity index (χ0v) is 7.62. The Labute approximate surface area is 78.0 Å². The lowest BCUT2D eigenvalue weighted by Crippen LogP contribution is -2.68. The Morgan fingerprint density at radius 1 is 1.54 bits per heavy atom. The van der Waals surface area contributed by atoms with Crippen LogP contribution in [0, 0.1) is 0 Å². The van der Waals surface area contributed by atoms with Crippen molar-refractivity contribution in [3.63, 3.8) is 0 Å². The van der Waals surface area contributed by atoms with Crippen molar-refractivity contribution in [2.24, 2.45) is 0 Å². The van der Waals surface area contributed by atoms with Crippen molar-refractivity contribution in [1.29, 1.82) is 0 Å². The molecule has 1 amide bonds. The van der Waals surface area contributed by atoms with Crippen LogP contribution in [0.5, 0.6) is 0 Å². The molecule has 2 heterocycles. The first kappa shape index (κ1) is 8.72. The van der Waals surface area contributed by atoms with E-state index in [1.165, 1.54) is 6.08 Å². The molecule has 2 saturated heterocycles. The highest BCUT2D eigenvalue weighted by molar-refractivity contribution is 5.87. The van der Waals surface area contributed by atoms with Gasteiger partial charge in [0, 0.05) is 32.2 Å². The summed E-state index contributed by atoms with van der Waals surface area (Å²) in [5, 5.41) is 6.11. The smallest absolute Gasteiger partial charge is 0.243 e. The fourth-order valence-electron chi connectivity index (χ4n) is 1.69. The Balaban J connectivity index is 1.66. The number of rotatable bonds is 3. The molecular weight excluding hydrogens is 166 g/mol. The van der Waals surface area contributed by atoms with Crippen molar-refractivity contribution in [3.8, 4) is 0 Å². The predicted octanol–water partition coefficient (Wildman–Crippen LogP) is -1.06. The normalized spacial score (nSPS) is 24.6. The first-order chi connectivity index (χ1) is 6.29. The van der Waals surface area contributed by atoms with E-state index in [-0.39, 0.29) is 5.91 Å². The summed E-state index contributed by atoms with van der Waals surface area (Å²) in [6.07, 6.45) is 1.33. The van der Waals surface area contributed by atoms with Gasteiger partial charge in [-0.1, -0.05) is 6.58 Å². The molecule has 4 heteroatoms. The molecule has 2 N–H and O–H groups in total. The molecule has 4 nitrogen and oxygen atoms in total. The van der Waals surface area contributed by atoms with Gasteiger partial charge in [0.15, 0.2) is 0 Å². The van der Waals surface area contributed by atoms with Gasteiger partial charge in [-0.25, -0.2) is 0 Å². The van der Waals surface area contributed by atoms with Gasteiger partial charge in [-0.2, -0.15) is 0 Å². The molecule has 2 aliphatic rings. The molecule has 13 heavy (non-hydrogen) atoms. The van der Waals surface area contributed by atoms with E-state index in [0.29, 0.717) is 12.1 Å². The maximum atomic E-state index is 10.9. The SMILES string of the molecule is C=CC(=O)NC1CN(C2CNC2)C1. The minimum Gasteiger partial charge on any atom is -0.347 e. The van der Waals surface area contributed by atoms with Gasteiger partial charge in [-0.15, -0.1) is 0 Å². The van der Waals surface area contributed by atoms with E-state index >= 15 is 0 Å². The minimum absolute atomic E-state index is 0.0589. The molecule has 0 spiro atoms. The summed E-state index contributed by atoms with van der Waals surface area (Å²) < 4.78 is 0. The number of carbonyl (C=O) groups excluding carboxylic acids is 1. The van der Waals surface area contributed by atoms with Gasteiger partial charge < -0.3 is 10.6 Å². The first-order valence-electron chi connectivity index (χ1n) is 4.67. The Bertz CT molecular complexity index is 219. The van der Waals surface area contributed by atoms with Gasteiger partial charge in [0.1, 0.15) is 0 Å². The zero-order valence-electron chi connectivity index (χ0n) is 7.62. The number of hydrogen-bond donors (Lipinski definition) is 2. The molecule has 0 unspecified atom stereocenters. The molecule has 0 bridgehead atoms. The van der Waals surface area contributed by atoms with E-state index in [2.05, 4.69) is 22.1 Å². The van der Waals surface area contributed by atoms with Crippen LogP contribution in [0.3, 0.4) is 0 Å². The van der Waals surface area contributed by atoms with Crippen LogP contribution in [0.1, 0.15) is 0 Å². The standard InChI is InChI=1S/C9H15N3O/c1-2-9(13)11-7-5-12(6-7)8-3-10-4-8/h2,7-8,10H,1,3-6H2,(H,11,13). The fourth-order valence-corrected chi connectivity index (χ4v) is 1.69. The second-order valence-electron chi connectivity index (χ2n) is 3.68. The molecule has 0 saturated carbocycles. The van der Waals surface area contributed by atoms with Crippen LogP contribution < -0.4 is 10.6 Å². The summed E-state index contributed by atoms with van der Waals surface area (Å²) in [6.45, 7) is 7.60. The molecule has 0 atom stereocenters. The predicted molar refractivity (Wildman–Crippen MR) is 50.4 cm³/mol. The van der Waals surface area contributed by atoms with E-state index in [4.69, 9.17) is 0 Å². The fraction of sp³-hybridized carbons (Fsp3) is 0.667. The summed E-state index contributed by atoms with van der Waals surface area (Å²) in [7, 11) is 0. The highest BCUT2D eigenvalue weighted by Crippen LogP contribution is 2.14. The first-order valence-corrected chi connectivity index (χ1v) is 4.67. The lowest BCUT2D eigenvalue weighted by Gasteiger charge is -2.48. The van der Waals surface area contributed by atoms with Crippen LogP contribution in [0.2, 0.25) is 0 Å². The highest BCUT2D eigenvalue weighted by atomic mass is 16.1. The molecule has 2 fully saturated rings. The Hall–Kier alpha value is -0.870. The largest absolute Gasteiger partial charge is 0.347 e. The molecule has 0 radical (unpaired) electrons. The lowest BCUT2D eigenvalue weighted by atomic mass is 10.0. The van der Waals surface area contributed by atoms with Crippen LogP contribution in [-0.4, -0.2) is 49.1 Å². The lowest BCUT2D eigenvalue weighted by molar-refractivity contribution is -0.118. The van der Waals surface area contributed by atoms with E-state index in [0.717, 1.165) is 26.2 Å². The minimum atomic E-state index is -0.0589. The van der Waals surface area contributed by atoms with E-state index in [1.807, 2.05) is 0 Å². The summed E-state index contributed by atoms with van der Waals surface area (Å²) in [5.41, 5.74) is 0. The quantitative estimate of drug-likeness (QED) is 0.546. The maximum absolute atomic E-state index is 10.9. The third-order valence-electron chi connectivity index (χ3n) is 2.72. The molecule has 0 aromatic rings. The zero-order chi connectivity index (χ0) is 9.26. The number of amides is 1. The number of nitrogens with zero attached hydrogens (tertiary/aromatic N) is 1. The molecule has 2 aliphatic heterocycles. The molecule has 0 aliphatic carbocycles. The summed E-state index contributed by atoms with van der Waals surface area (Å²) in [6, 6.07) is 1.04. The van der Waals surface area contributed by atoms with Crippen molar-refractivity contribution in [2.75, 3.05) is 26.2 Å². The van der Waals surface area contributed by atoms with Crippen molar-refractivity contribution in [3.05, 3.63) is 12.7 Å². The van der Waals surface area contributed by atoms with Crippen molar-refractivity contribution in [1.82, 2.24) is 15.5 Å². The number of hydrogen-bond acceptors (Lipinski definition) is 3. The summed E-state index contributed by atoms with van der Waals surface area (Å²) in [4.78, 5) is 13.3. The second-order valence-corrected chi connectivity index (χ2v) is 3.68. The second kappa shape index (κ2) is 3.47. The van der Waals surface area contributed by atoms with Crippen LogP contribution >= 0.6 is 0 Å². The van der Waals surface area contributed by atoms with Crippen molar-refractivity contribution in [2.45, 2.75) is 12.1 Å². The Kier molecular flexibility index (Phi) is 2.33. The number of nitrogens with one attached hydrogen (secondary N) is 2. The van der Waals surface area contributed by atoms with E-state index in [1.54, 1.807) is 0 Å². The Morgan fingerprint density at radius 3 is 2.69 bits per heavy atom. The highest BCUT2D eigenvalue weighted by Gasteiger charge is 2.35. The monoisotopic (exact) mass is 181 g/mol. The number of carbonyl (C=O) groups is 1. The molecule has 2 rings (SSSR count). The average molecular weight is 181 g/mol. The topological polar surface area (TPSA) is 44.4 Å². The van der Waals surface area contributed by atoms with Crippen molar-refractivity contribution < 1.29 is 4.79 Å². The van der Waals surface area contributed by atoms with Crippen LogP contribution in [-0.2, 0) is 4.79 Å². The average Bonchev–Trinajstić information content (AvgIpc) is 1.96. The maximum Gasteiger partial charge on any atom is 0.243 e. The molecular formula is C9H15N3O. The van der Waals surface area contributed by atoms with Gasteiger partial charge in [0.05, 0.1) is 6.04 Å². The Morgan fingerprint density at radius 2 is 2.23 bits per heavy atom. The molecule has 0 aromatic carbocycles. The summed E-state index contributed by atoms with van der Waals surface area (Å²) in [5.74, 6) is -0.0589. The van der Waals surface area contributed by atoms with E-state index in [9.17, 15) is 4.79 Å². The summed E-state index contributed by atoms with van der Waals surface area (Å²) >= 11 is 0. The molecule has 0 aromatic heterocycles. The van der Waals surface area contributed by atoms with E-state index < -0.39 is 0 Å². The van der Waals surface area contributed by atoms with Crippen LogP contribution in [0.25, 0.3) is 0 Å². The van der Waals surface area contributed by atoms with Gasteiger partial charge in [0.25, 0.3) is 0 Å². The third kappa shape index (κ3) is 1.73. The van der Waals surface area contributed by atoms with Crippen LogP contribution in [0.15, 0.2) is 12.7 Å². The van der Waals surface area contributed by atoms with Crippen LogP contribution in [0.4, 0.5) is 0 Å². The van der Waals surface area contributed by atoms with Gasteiger partial charge >= 0.3 is 0 Å². The third-order valence-corrected chi connectivity index (χ3v) is 2.72.